The third-order valence-electron chi connectivity index (χ3n) is 3.26. The van der Waals surface area contributed by atoms with Gasteiger partial charge in [-0.1, -0.05) is 73.7 Å². The van der Waals surface area contributed by atoms with E-state index in [1.54, 1.807) is 0 Å². The maximum Gasteiger partial charge on any atom is 0.167 e. The van der Waals surface area contributed by atoms with E-state index in [0.29, 0.717) is 0 Å². The van der Waals surface area contributed by atoms with E-state index in [4.69, 9.17) is 12.2 Å². The molecule has 0 fully saturated rings. The van der Waals surface area contributed by atoms with Crippen molar-refractivity contribution in [2.24, 2.45) is 0 Å². The van der Waals surface area contributed by atoms with Crippen LogP contribution in [0.2, 0.25) is 0 Å². The molecule has 1 atom stereocenters. The molecular weight excluding hydrogens is 252 g/mol. The molecule has 1 unspecified atom stereocenters. The first-order valence-corrected chi connectivity index (χ1v) is 6.81. The quantitative estimate of drug-likeness (QED) is 0.800. The van der Waals surface area contributed by atoms with Gasteiger partial charge in [0.2, 0.25) is 0 Å². The van der Waals surface area contributed by atoms with Gasteiger partial charge in [-0.05, 0) is 31.1 Å². The number of aliphatic hydroxyl groups is 1. The van der Waals surface area contributed by atoms with Crippen molar-refractivity contribution < 1.29 is 5.11 Å². The van der Waals surface area contributed by atoms with Crippen molar-refractivity contribution >= 4 is 17.3 Å². The van der Waals surface area contributed by atoms with Gasteiger partial charge in [0.1, 0.15) is 0 Å². The number of rotatable bonds is 3. The molecular formula is C17H20OS. The van der Waals surface area contributed by atoms with Gasteiger partial charge >= 0.3 is 0 Å². The molecule has 0 aliphatic rings. The molecule has 2 heteroatoms. The molecule has 2 aromatic rings. The molecule has 0 radical (unpaired) electrons. The second-order valence-corrected chi connectivity index (χ2v) is 4.90. The monoisotopic (exact) mass is 272 g/mol. The van der Waals surface area contributed by atoms with Gasteiger partial charge in [0.05, 0.1) is 5.41 Å². The van der Waals surface area contributed by atoms with Crippen molar-refractivity contribution in [1.82, 2.24) is 0 Å². The Morgan fingerprint density at radius 3 is 1.63 bits per heavy atom. The number of benzene rings is 2. The minimum Gasteiger partial charge on any atom is -0.501 e. The van der Waals surface area contributed by atoms with Crippen LogP contribution in [0.1, 0.15) is 25.8 Å². The lowest BCUT2D eigenvalue weighted by Crippen LogP contribution is -2.29. The molecule has 2 rings (SSSR count). The third-order valence-corrected chi connectivity index (χ3v) is 3.71. The molecule has 1 nitrogen and oxygen atoms in total. The topological polar surface area (TPSA) is 20.2 Å². The fraction of sp³-hybridized carbons (Fsp3) is 0.235. The molecule has 0 heterocycles. The Morgan fingerprint density at radius 1 is 0.947 bits per heavy atom. The highest BCUT2D eigenvalue weighted by molar-refractivity contribution is 7.80. The molecule has 0 aromatic heterocycles. The summed E-state index contributed by atoms with van der Waals surface area (Å²) in [5, 5.41) is 9.53. The summed E-state index contributed by atoms with van der Waals surface area (Å²) in [6, 6.07) is 21.9. The van der Waals surface area contributed by atoms with E-state index in [1.807, 2.05) is 80.6 Å². The van der Waals surface area contributed by atoms with E-state index in [-0.39, 0.29) is 10.5 Å². The second kappa shape index (κ2) is 7.70. The van der Waals surface area contributed by atoms with Crippen molar-refractivity contribution in [1.29, 1.82) is 0 Å². The number of aliphatic hydroxyl groups excluding tert-OH is 1. The predicted octanol–water partition coefficient (Wildman–Crippen LogP) is 4.93. The zero-order chi connectivity index (χ0) is 14.1. The van der Waals surface area contributed by atoms with E-state index in [1.165, 1.54) is 0 Å². The molecule has 2 aromatic carbocycles. The fourth-order valence-electron chi connectivity index (χ4n) is 1.67. The van der Waals surface area contributed by atoms with Crippen LogP contribution in [-0.2, 0) is 5.41 Å². The normalized spacial score (nSPS) is 12.7. The molecule has 1 N–H and O–H groups in total. The van der Waals surface area contributed by atoms with E-state index in [2.05, 4.69) is 0 Å². The van der Waals surface area contributed by atoms with Crippen molar-refractivity contribution in [3.8, 4) is 0 Å². The fourth-order valence-corrected chi connectivity index (χ4v) is 1.93. The Kier molecular flexibility index (Phi) is 6.23. The van der Waals surface area contributed by atoms with Crippen LogP contribution >= 0.6 is 12.2 Å². The zero-order valence-corrected chi connectivity index (χ0v) is 12.2. The Balaban J connectivity index is 0.000000250. The van der Waals surface area contributed by atoms with Gasteiger partial charge in [-0.3, -0.25) is 0 Å². The smallest absolute Gasteiger partial charge is 0.167 e. The SMILES string of the molecule is CCC(C)(C(O)=S)c1ccccc1.c1ccccc1. The lowest BCUT2D eigenvalue weighted by atomic mass is 9.81. The van der Waals surface area contributed by atoms with Gasteiger partial charge in [0.15, 0.2) is 5.05 Å². The molecule has 19 heavy (non-hydrogen) atoms. The van der Waals surface area contributed by atoms with Crippen LogP contribution in [0.15, 0.2) is 66.7 Å². The van der Waals surface area contributed by atoms with Crippen LogP contribution in [0.25, 0.3) is 0 Å². The molecule has 0 aliphatic heterocycles. The Hall–Kier alpha value is -1.67. The summed E-state index contributed by atoms with van der Waals surface area (Å²) >= 11 is 4.87. The molecule has 0 spiro atoms. The third kappa shape index (κ3) is 4.49. The molecule has 0 amide bonds. The second-order valence-electron chi connectivity index (χ2n) is 4.51. The van der Waals surface area contributed by atoms with Gasteiger partial charge in [0.25, 0.3) is 0 Å². The number of hydrogen-bond donors (Lipinski definition) is 1. The highest BCUT2D eigenvalue weighted by Gasteiger charge is 2.29. The van der Waals surface area contributed by atoms with E-state index in [9.17, 15) is 5.11 Å². The average molecular weight is 272 g/mol. The molecule has 0 aliphatic carbocycles. The van der Waals surface area contributed by atoms with Crippen molar-refractivity contribution in [2.75, 3.05) is 0 Å². The van der Waals surface area contributed by atoms with Crippen LogP contribution in [0.3, 0.4) is 0 Å². The summed E-state index contributed by atoms with van der Waals surface area (Å²) in [5.74, 6) is 0. The Labute approximate surface area is 120 Å². The summed E-state index contributed by atoms with van der Waals surface area (Å²) in [5.41, 5.74) is 0.696. The first kappa shape index (κ1) is 15.4. The van der Waals surface area contributed by atoms with Crippen molar-refractivity contribution in [3.63, 3.8) is 0 Å². The molecule has 100 valence electrons. The summed E-state index contributed by atoms with van der Waals surface area (Å²) in [7, 11) is 0. The molecule has 0 saturated carbocycles. The maximum atomic E-state index is 9.46. The van der Waals surface area contributed by atoms with Crippen LogP contribution in [0.4, 0.5) is 0 Å². The lowest BCUT2D eigenvalue weighted by Gasteiger charge is -2.25. The van der Waals surface area contributed by atoms with Gasteiger partial charge in [0, 0.05) is 0 Å². The van der Waals surface area contributed by atoms with Gasteiger partial charge in [-0.25, -0.2) is 0 Å². The standard InChI is InChI=1S/C11H14OS.C6H6/c1-3-11(2,10(12)13)9-7-5-4-6-8-9;1-2-4-6-5-3-1/h4-8H,3H2,1-2H3,(H,12,13);1-6H. The average Bonchev–Trinajstić information content (AvgIpc) is 2.49. The van der Waals surface area contributed by atoms with E-state index >= 15 is 0 Å². The van der Waals surface area contributed by atoms with Crippen LogP contribution in [-0.4, -0.2) is 10.2 Å². The number of thiocarbonyl (C=S) groups is 1. The van der Waals surface area contributed by atoms with Gasteiger partial charge in [-0.2, -0.15) is 0 Å². The first-order valence-electron chi connectivity index (χ1n) is 6.40. The largest absolute Gasteiger partial charge is 0.501 e. The van der Waals surface area contributed by atoms with Crippen molar-refractivity contribution in [3.05, 3.63) is 72.3 Å². The Morgan fingerprint density at radius 2 is 1.32 bits per heavy atom. The maximum absolute atomic E-state index is 9.46. The number of hydrogen-bond acceptors (Lipinski definition) is 1. The molecule has 0 saturated heterocycles. The minimum absolute atomic E-state index is 0.0706. The van der Waals surface area contributed by atoms with Crippen LogP contribution in [0.5, 0.6) is 0 Å². The minimum atomic E-state index is -0.378. The van der Waals surface area contributed by atoms with E-state index in [0.717, 1.165) is 12.0 Å². The lowest BCUT2D eigenvalue weighted by molar-refractivity contribution is 0.463. The summed E-state index contributed by atoms with van der Waals surface area (Å²) < 4.78 is 0. The van der Waals surface area contributed by atoms with Gasteiger partial charge < -0.3 is 5.11 Å². The van der Waals surface area contributed by atoms with Crippen LogP contribution < -0.4 is 0 Å². The van der Waals surface area contributed by atoms with Crippen LogP contribution in [0, 0.1) is 0 Å². The van der Waals surface area contributed by atoms with Crippen molar-refractivity contribution in [2.45, 2.75) is 25.7 Å². The summed E-state index contributed by atoms with van der Waals surface area (Å²) in [6.45, 7) is 3.99. The predicted molar refractivity (Wildman–Crippen MR) is 85.8 cm³/mol. The molecule has 0 bridgehead atoms. The van der Waals surface area contributed by atoms with Gasteiger partial charge in [-0.15, -0.1) is 0 Å². The highest BCUT2D eigenvalue weighted by atomic mass is 32.1. The summed E-state index contributed by atoms with van der Waals surface area (Å²) in [4.78, 5) is 0. The highest BCUT2D eigenvalue weighted by Crippen LogP contribution is 2.28. The Bertz CT molecular complexity index is 454. The zero-order valence-electron chi connectivity index (χ0n) is 11.4. The first-order chi connectivity index (χ1) is 9.11. The summed E-state index contributed by atoms with van der Waals surface area (Å²) in [6.07, 6.45) is 0.812. The van der Waals surface area contributed by atoms with E-state index < -0.39 is 0 Å².